The number of aliphatic carboxylic acids is 1. The topological polar surface area (TPSA) is 55.1 Å². The maximum Gasteiger partial charge on any atom is 0.307 e. The Bertz CT molecular complexity index is 488. The zero-order valence-corrected chi connectivity index (χ0v) is 9.70. The molecule has 4 nitrogen and oxygen atoms in total. The number of thiophene rings is 1. The average Bonchev–Trinajstić information content (AvgIpc) is 2.84. The summed E-state index contributed by atoms with van der Waals surface area (Å²) in [6.45, 7) is 2.73. The molecule has 0 saturated heterocycles. The van der Waals surface area contributed by atoms with Gasteiger partial charge >= 0.3 is 5.97 Å². The Labute approximate surface area is 97.2 Å². The van der Waals surface area contributed by atoms with Crippen LogP contribution >= 0.6 is 11.3 Å². The van der Waals surface area contributed by atoms with E-state index in [2.05, 4.69) is 5.10 Å². The van der Waals surface area contributed by atoms with Gasteiger partial charge in [-0.1, -0.05) is 0 Å². The number of carboxylic acids is 1. The van der Waals surface area contributed by atoms with Gasteiger partial charge in [-0.15, -0.1) is 0 Å². The Hall–Kier alpha value is -1.62. The second kappa shape index (κ2) is 4.49. The van der Waals surface area contributed by atoms with Gasteiger partial charge in [0.1, 0.15) is 0 Å². The fraction of sp³-hybridized carbons (Fsp3) is 0.273. The fourth-order valence-electron chi connectivity index (χ4n) is 1.56. The number of rotatable bonds is 4. The van der Waals surface area contributed by atoms with Crippen LogP contribution in [0.5, 0.6) is 0 Å². The van der Waals surface area contributed by atoms with Gasteiger partial charge < -0.3 is 5.11 Å². The maximum atomic E-state index is 10.8. The predicted molar refractivity (Wildman–Crippen MR) is 62.6 cm³/mol. The number of aryl methyl sites for hydroxylation is 1. The highest BCUT2D eigenvalue weighted by atomic mass is 32.1. The molecule has 2 aromatic rings. The van der Waals surface area contributed by atoms with Gasteiger partial charge in [0.05, 0.1) is 12.1 Å². The Morgan fingerprint density at radius 3 is 3.00 bits per heavy atom. The van der Waals surface area contributed by atoms with Gasteiger partial charge in [0.15, 0.2) is 0 Å². The van der Waals surface area contributed by atoms with Gasteiger partial charge in [-0.05, 0) is 18.4 Å². The van der Waals surface area contributed by atoms with Crippen molar-refractivity contribution in [1.82, 2.24) is 9.78 Å². The van der Waals surface area contributed by atoms with E-state index in [9.17, 15) is 4.79 Å². The third-order valence-corrected chi connectivity index (χ3v) is 2.98. The normalized spacial score (nSPS) is 10.6. The molecule has 0 aliphatic heterocycles. The van der Waals surface area contributed by atoms with E-state index in [4.69, 9.17) is 5.11 Å². The maximum absolute atomic E-state index is 10.8. The van der Waals surface area contributed by atoms with E-state index >= 15 is 0 Å². The van der Waals surface area contributed by atoms with E-state index in [1.165, 1.54) is 0 Å². The summed E-state index contributed by atoms with van der Waals surface area (Å²) in [5, 5.41) is 17.2. The molecule has 0 spiro atoms. The molecule has 2 aromatic heterocycles. The second-order valence-corrected chi connectivity index (χ2v) is 4.22. The molecular weight excluding hydrogens is 224 g/mol. The monoisotopic (exact) mass is 236 g/mol. The largest absolute Gasteiger partial charge is 0.481 e. The summed E-state index contributed by atoms with van der Waals surface area (Å²) in [5.74, 6) is -0.827. The lowest BCUT2D eigenvalue weighted by Gasteiger charge is -1.95. The Morgan fingerprint density at radius 1 is 1.62 bits per heavy atom. The van der Waals surface area contributed by atoms with Crippen LogP contribution in [0.15, 0.2) is 23.0 Å². The standard InChI is InChI=1S/C11H12N2O2S/c1-2-13-6-9(5-10(14)15)11(12-13)8-3-4-16-7-8/h3-4,6-7H,2,5H2,1H3,(H,14,15). The molecule has 0 aromatic carbocycles. The molecular formula is C11H12N2O2S. The highest BCUT2D eigenvalue weighted by Crippen LogP contribution is 2.24. The van der Waals surface area contributed by atoms with Crippen molar-refractivity contribution in [2.24, 2.45) is 0 Å². The zero-order chi connectivity index (χ0) is 11.5. The molecule has 2 heterocycles. The van der Waals surface area contributed by atoms with Crippen molar-refractivity contribution in [3.63, 3.8) is 0 Å². The van der Waals surface area contributed by atoms with Crippen molar-refractivity contribution in [2.45, 2.75) is 19.9 Å². The molecule has 2 rings (SSSR count). The van der Waals surface area contributed by atoms with Crippen LogP contribution in [0.4, 0.5) is 0 Å². The highest BCUT2D eigenvalue weighted by Gasteiger charge is 2.13. The van der Waals surface area contributed by atoms with E-state index < -0.39 is 5.97 Å². The molecule has 0 fully saturated rings. The van der Waals surface area contributed by atoms with Crippen molar-refractivity contribution in [3.05, 3.63) is 28.6 Å². The first-order valence-electron chi connectivity index (χ1n) is 5.01. The minimum Gasteiger partial charge on any atom is -0.481 e. The predicted octanol–water partition coefficient (Wildman–Crippen LogP) is 2.26. The molecule has 0 amide bonds. The zero-order valence-electron chi connectivity index (χ0n) is 8.88. The van der Waals surface area contributed by atoms with Crippen LogP contribution in [0.25, 0.3) is 11.3 Å². The lowest BCUT2D eigenvalue weighted by molar-refractivity contribution is -0.136. The summed E-state index contributed by atoms with van der Waals surface area (Å²) < 4.78 is 1.77. The Balaban J connectivity index is 2.42. The van der Waals surface area contributed by atoms with E-state index in [-0.39, 0.29) is 6.42 Å². The molecule has 16 heavy (non-hydrogen) atoms. The van der Waals surface area contributed by atoms with Gasteiger partial charge in [0.25, 0.3) is 0 Å². The summed E-state index contributed by atoms with van der Waals surface area (Å²) in [6.07, 6.45) is 1.83. The number of aromatic nitrogens is 2. The minimum atomic E-state index is -0.827. The van der Waals surface area contributed by atoms with E-state index in [0.717, 1.165) is 23.4 Å². The Morgan fingerprint density at radius 2 is 2.44 bits per heavy atom. The first-order valence-corrected chi connectivity index (χ1v) is 5.95. The third-order valence-electron chi connectivity index (χ3n) is 2.30. The summed E-state index contributed by atoms with van der Waals surface area (Å²) in [5.41, 5.74) is 2.55. The molecule has 0 unspecified atom stereocenters. The minimum absolute atomic E-state index is 0.0190. The van der Waals surface area contributed by atoms with Crippen molar-refractivity contribution < 1.29 is 9.90 Å². The Kier molecular flexibility index (Phi) is 3.05. The van der Waals surface area contributed by atoms with Crippen LogP contribution in [0, 0.1) is 0 Å². The van der Waals surface area contributed by atoms with Crippen molar-refractivity contribution in [3.8, 4) is 11.3 Å². The van der Waals surface area contributed by atoms with Crippen LogP contribution in [-0.4, -0.2) is 20.9 Å². The van der Waals surface area contributed by atoms with Crippen molar-refractivity contribution >= 4 is 17.3 Å². The van der Waals surface area contributed by atoms with Crippen molar-refractivity contribution in [2.75, 3.05) is 0 Å². The van der Waals surface area contributed by atoms with E-state index in [0.29, 0.717) is 0 Å². The molecule has 0 radical (unpaired) electrons. The first-order chi connectivity index (χ1) is 7.70. The van der Waals surface area contributed by atoms with Crippen LogP contribution in [-0.2, 0) is 17.8 Å². The van der Waals surface area contributed by atoms with Crippen LogP contribution in [0.2, 0.25) is 0 Å². The van der Waals surface area contributed by atoms with Gasteiger partial charge in [-0.3, -0.25) is 9.48 Å². The quantitative estimate of drug-likeness (QED) is 0.885. The van der Waals surface area contributed by atoms with E-state index in [1.807, 2.05) is 23.8 Å². The van der Waals surface area contributed by atoms with Gasteiger partial charge in [0.2, 0.25) is 0 Å². The highest BCUT2D eigenvalue weighted by molar-refractivity contribution is 7.08. The molecule has 0 aliphatic carbocycles. The van der Waals surface area contributed by atoms with Gasteiger partial charge in [-0.2, -0.15) is 16.4 Å². The molecule has 0 saturated carbocycles. The summed E-state index contributed by atoms with van der Waals surface area (Å²) in [4.78, 5) is 10.8. The van der Waals surface area contributed by atoms with E-state index in [1.54, 1.807) is 22.2 Å². The molecule has 0 bridgehead atoms. The van der Waals surface area contributed by atoms with Crippen LogP contribution < -0.4 is 0 Å². The van der Waals surface area contributed by atoms with Crippen molar-refractivity contribution in [1.29, 1.82) is 0 Å². The average molecular weight is 236 g/mol. The molecule has 0 atom stereocenters. The fourth-order valence-corrected chi connectivity index (χ4v) is 2.20. The SMILES string of the molecule is CCn1cc(CC(=O)O)c(-c2ccsc2)n1. The first kappa shape index (κ1) is 10.9. The molecule has 0 aliphatic rings. The lowest BCUT2D eigenvalue weighted by Crippen LogP contribution is -2.00. The summed E-state index contributed by atoms with van der Waals surface area (Å²) >= 11 is 1.58. The number of nitrogens with zero attached hydrogens (tertiary/aromatic N) is 2. The lowest BCUT2D eigenvalue weighted by atomic mass is 10.1. The summed E-state index contributed by atoms with van der Waals surface area (Å²) in [6, 6.07) is 1.96. The molecule has 84 valence electrons. The number of carbonyl (C=O) groups is 1. The number of hydrogen-bond donors (Lipinski definition) is 1. The number of hydrogen-bond acceptors (Lipinski definition) is 3. The van der Waals surface area contributed by atoms with Gasteiger partial charge in [-0.25, -0.2) is 0 Å². The number of carboxylic acid groups (broad SMARTS) is 1. The smallest absolute Gasteiger partial charge is 0.307 e. The molecule has 5 heteroatoms. The summed E-state index contributed by atoms with van der Waals surface area (Å²) in [7, 11) is 0. The van der Waals surface area contributed by atoms with Crippen LogP contribution in [0.1, 0.15) is 12.5 Å². The third kappa shape index (κ3) is 2.14. The van der Waals surface area contributed by atoms with Crippen LogP contribution in [0.3, 0.4) is 0 Å². The van der Waals surface area contributed by atoms with Gasteiger partial charge in [0, 0.05) is 29.2 Å². The second-order valence-electron chi connectivity index (χ2n) is 3.44. The molecule has 1 N–H and O–H groups in total.